The maximum Gasteiger partial charge on any atom is 0.244 e. The molecule has 5 heteroatoms. The zero-order valence-corrected chi connectivity index (χ0v) is 14.8. The molecule has 1 aliphatic heterocycles. The van der Waals surface area contributed by atoms with Crippen molar-refractivity contribution < 1.29 is 28.7 Å². The molecule has 1 aliphatic rings. The third-order valence-corrected chi connectivity index (χ3v) is 4.78. The second-order valence-corrected chi connectivity index (χ2v) is 5.69. The van der Waals surface area contributed by atoms with E-state index in [1.807, 2.05) is 23.9 Å². The molecule has 2 atom stereocenters. The Labute approximate surface area is 135 Å². The van der Waals surface area contributed by atoms with Crippen LogP contribution >= 0.6 is 23.4 Å². The molecule has 0 N–H and O–H groups in total. The summed E-state index contributed by atoms with van der Waals surface area (Å²) in [5, 5.41) is 4.50. The number of hydrazone groups is 1. The van der Waals surface area contributed by atoms with Crippen LogP contribution in [0.2, 0.25) is 5.02 Å². The van der Waals surface area contributed by atoms with Gasteiger partial charge in [0.1, 0.15) is 6.04 Å². The molecule has 1 aromatic carbocycles. The number of thioether (sulfide) groups is 1. The predicted octanol–water partition coefficient (Wildman–Crippen LogP) is 0.285. The van der Waals surface area contributed by atoms with E-state index in [2.05, 4.69) is 49.1 Å². The number of rotatable bonds is 1. The molecule has 1 aromatic rings. The maximum absolute atomic E-state index is 5.94. The Bertz CT molecular complexity index is 447. The van der Waals surface area contributed by atoms with E-state index in [4.69, 9.17) is 11.6 Å². The average molecular weight is 397 g/mol. The second-order valence-electron chi connectivity index (χ2n) is 4.42. The van der Waals surface area contributed by atoms with Crippen LogP contribution in [-0.4, -0.2) is 35.1 Å². The minimum atomic E-state index is 0. The second kappa shape index (κ2) is 6.48. The van der Waals surface area contributed by atoms with E-state index in [-0.39, 0.29) is 24.0 Å². The number of nitrogens with zero attached hydrogens (tertiary/aromatic N) is 2. The monoisotopic (exact) mass is 396 g/mol. The van der Waals surface area contributed by atoms with E-state index in [1.165, 1.54) is 10.6 Å². The molecule has 0 fully saturated rings. The van der Waals surface area contributed by atoms with Crippen molar-refractivity contribution in [1.29, 1.82) is 0 Å². The summed E-state index contributed by atoms with van der Waals surface area (Å²) in [5.41, 5.74) is 1.32. The van der Waals surface area contributed by atoms with Crippen molar-refractivity contribution in [2.75, 3.05) is 20.4 Å². The minimum absolute atomic E-state index is 0. The lowest BCUT2D eigenvalue weighted by Gasteiger charge is -2.20. The topological polar surface area (TPSA) is 6.25 Å². The average Bonchev–Trinajstić information content (AvgIpc) is 2.52. The normalized spacial score (nSPS) is 23.3. The zero-order valence-electron chi connectivity index (χ0n) is 11.0. The van der Waals surface area contributed by atoms with Crippen LogP contribution < -0.4 is 24.0 Å². The molecule has 0 bridgehead atoms. The Hall–Kier alpha value is 0.0600. The SMILES string of the molecule is CSC1=[N+](C)N(C)C(c2ccc(Cl)cc2)C1C.[I-]. The van der Waals surface area contributed by atoms with Gasteiger partial charge in [-0.2, -0.15) is 5.01 Å². The Kier molecular flexibility index (Phi) is 5.80. The first-order chi connectivity index (χ1) is 8.06. The highest BCUT2D eigenvalue weighted by Crippen LogP contribution is 2.36. The third-order valence-electron chi connectivity index (χ3n) is 3.48. The van der Waals surface area contributed by atoms with Crippen LogP contribution in [0.5, 0.6) is 0 Å². The summed E-state index contributed by atoms with van der Waals surface area (Å²) in [6.07, 6.45) is 2.14. The van der Waals surface area contributed by atoms with E-state index in [1.54, 1.807) is 0 Å². The van der Waals surface area contributed by atoms with Crippen LogP contribution in [0.3, 0.4) is 0 Å². The molecule has 1 heterocycles. The summed E-state index contributed by atoms with van der Waals surface area (Å²) >= 11 is 7.77. The highest BCUT2D eigenvalue weighted by Gasteiger charge is 2.42. The molecular weight excluding hydrogens is 379 g/mol. The van der Waals surface area contributed by atoms with Crippen LogP contribution in [0.4, 0.5) is 0 Å². The Morgan fingerprint density at radius 3 is 2.28 bits per heavy atom. The van der Waals surface area contributed by atoms with E-state index in [0.717, 1.165) is 5.02 Å². The van der Waals surface area contributed by atoms with Gasteiger partial charge < -0.3 is 24.0 Å². The van der Waals surface area contributed by atoms with Crippen molar-refractivity contribution in [2.24, 2.45) is 5.92 Å². The van der Waals surface area contributed by atoms with Crippen molar-refractivity contribution in [3.63, 3.8) is 0 Å². The molecule has 0 radical (unpaired) electrons. The van der Waals surface area contributed by atoms with Gasteiger partial charge in [-0.25, -0.2) is 0 Å². The lowest BCUT2D eigenvalue weighted by molar-refractivity contribution is -0.658. The summed E-state index contributed by atoms with van der Waals surface area (Å²) in [7, 11) is 4.26. The summed E-state index contributed by atoms with van der Waals surface area (Å²) in [6, 6.07) is 8.58. The Morgan fingerprint density at radius 1 is 1.28 bits per heavy atom. The molecule has 100 valence electrons. The van der Waals surface area contributed by atoms with Gasteiger partial charge in [-0.1, -0.05) is 35.5 Å². The first-order valence-electron chi connectivity index (χ1n) is 5.69. The molecule has 0 amide bonds. The van der Waals surface area contributed by atoms with Crippen molar-refractivity contribution in [1.82, 2.24) is 5.01 Å². The quantitative estimate of drug-likeness (QED) is 0.497. The molecule has 2 nitrogen and oxygen atoms in total. The highest BCUT2D eigenvalue weighted by molar-refractivity contribution is 8.13. The predicted molar refractivity (Wildman–Crippen MR) is 75.8 cm³/mol. The first kappa shape index (κ1) is 16.1. The van der Waals surface area contributed by atoms with Crippen LogP contribution in [-0.2, 0) is 0 Å². The van der Waals surface area contributed by atoms with Gasteiger partial charge in [-0.3, -0.25) is 0 Å². The van der Waals surface area contributed by atoms with Gasteiger partial charge in [0.2, 0.25) is 5.04 Å². The lowest BCUT2D eigenvalue weighted by atomic mass is 9.96. The Morgan fingerprint density at radius 2 is 1.83 bits per heavy atom. The molecule has 0 saturated carbocycles. The smallest absolute Gasteiger partial charge is 0.244 e. The van der Waals surface area contributed by atoms with Crippen LogP contribution in [0, 0.1) is 5.92 Å². The minimum Gasteiger partial charge on any atom is -1.00 e. The number of hydrogen-bond donors (Lipinski definition) is 0. The lowest BCUT2D eigenvalue weighted by Crippen LogP contribution is -3.00. The summed E-state index contributed by atoms with van der Waals surface area (Å²) in [6.45, 7) is 2.28. The van der Waals surface area contributed by atoms with E-state index in [9.17, 15) is 0 Å². The summed E-state index contributed by atoms with van der Waals surface area (Å²) in [4.78, 5) is 0. The fourth-order valence-corrected chi connectivity index (χ4v) is 3.60. The number of hydrazine groups is 1. The van der Waals surface area contributed by atoms with E-state index in [0.29, 0.717) is 12.0 Å². The van der Waals surface area contributed by atoms with Crippen molar-refractivity contribution in [3.8, 4) is 0 Å². The van der Waals surface area contributed by atoms with Crippen LogP contribution in [0.1, 0.15) is 18.5 Å². The van der Waals surface area contributed by atoms with Crippen LogP contribution in [0.25, 0.3) is 0 Å². The van der Waals surface area contributed by atoms with Crippen molar-refractivity contribution in [2.45, 2.75) is 13.0 Å². The summed E-state index contributed by atoms with van der Waals surface area (Å²) < 4.78 is 2.24. The fourth-order valence-electron chi connectivity index (χ4n) is 2.58. The number of benzene rings is 1. The van der Waals surface area contributed by atoms with Crippen LogP contribution in [0.15, 0.2) is 24.3 Å². The van der Waals surface area contributed by atoms with Gasteiger partial charge in [0.15, 0.2) is 7.05 Å². The standard InChI is InChI=1S/C13H18ClN2S.HI/c1-9-12(10-5-7-11(14)8-6-10)15(2)16(3)13(9)17-4;/h5-9,12H,1-4H3;1H/q+1;/p-1. The van der Waals surface area contributed by atoms with Crippen molar-refractivity contribution >= 4 is 28.4 Å². The molecule has 2 unspecified atom stereocenters. The van der Waals surface area contributed by atoms with Gasteiger partial charge >= 0.3 is 0 Å². The van der Waals surface area contributed by atoms with E-state index < -0.39 is 0 Å². The number of halogens is 2. The molecule has 0 saturated heterocycles. The molecule has 0 aliphatic carbocycles. The molecule has 2 rings (SSSR count). The molecule has 0 aromatic heterocycles. The maximum atomic E-state index is 5.94. The van der Waals surface area contributed by atoms with Gasteiger partial charge in [0.05, 0.1) is 13.0 Å². The molecular formula is C13H18ClIN2S. The highest BCUT2D eigenvalue weighted by atomic mass is 127. The van der Waals surface area contributed by atoms with Gasteiger partial charge in [0, 0.05) is 5.02 Å². The molecule has 0 spiro atoms. The third kappa shape index (κ3) is 2.80. The zero-order chi connectivity index (χ0) is 12.6. The van der Waals surface area contributed by atoms with Gasteiger partial charge in [-0.15, -0.1) is 4.68 Å². The number of hydrogen-bond acceptors (Lipinski definition) is 2. The van der Waals surface area contributed by atoms with E-state index >= 15 is 0 Å². The van der Waals surface area contributed by atoms with Gasteiger partial charge in [-0.05, 0) is 30.9 Å². The fraction of sp³-hybridized carbons (Fsp3) is 0.462. The van der Waals surface area contributed by atoms with Gasteiger partial charge in [0.25, 0.3) is 0 Å². The van der Waals surface area contributed by atoms with Crippen molar-refractivity contribution in [3.05, 3.63) is 34.9 Å². The summed E-state index contributed by atoms with van der Waals surface area (Å²) in [5.74, 6) is 0.515. The first-order valence-corrected chi connectivity index (χ1v) is 7.29. The molecule has 18 heavy (non-hydrogen) atoms. The largest absolute Gasteiger partial charge is 1.00 e. The Balaban J connectivity index is 0.00000162.